The van der Waals surface area contributed by atoms with E-state index in [9.17, 15) is 0 Å². The van der Waals surface area contributed by atoms with Crippen LogP contribution in [-0.2, 0) is 11.3 Å². The van der Waals surface area contributed by atoms with Gasteiger partial charge < -0.3 is 15.4 Å². The number of benzene rings is 1. The van der Waals surface area contributed by atoms with E-state index in [4.69, 9.17) is 10.5 Å². The molecule has 19 heavy (non-hydrogen) atoms. The van der Waals surface area contributed by atoms with Gasteiger partial charge in [0.1, 0.15) is 0 Å². The number of hydrogen-bond acceptors (Lipinski definition) is 3. The SMILES string of the molecule is CN(c1ccccc1CN)C1CC(C)(C)OC1(C)C. The summed E-state index contributed by atoms with van der Waals surface area (Å²) < 4.78 is 6.19. The molecule has 1 aromatic carbocycles. The molecule has 0 spiro atoms. The van der Waals surface area contributed by atoms with E-state index in [2.05, 4.69) is 57.8 Å². The Kier molecular flexibility index (Phi) is 3.63. The Hall–Kier alpha value is -1.06. The lowest BCUT2D eigenvalue weighted by Gasteiger charge is -2.36. The Morgan fingerprint density at radius 1 is 1.26 bits per heavy atom. The standard InChI is InChI=1S/C16H26N2O/c1-15(2)10-14(16(3,4)19-15)18(5)13-9-7-6-8-12(13)11-17/h6-9,14H,10-11,17H2,1-5H3. The summed E-state index contributed by atoms with van der Waals surface area (Å²) in [6.07, 6.45) is 1.02. The zero-order valence-corrected chi connectivity index (χ0v) is 12.7. The molecule has 3 heteroatoms. The fourth-order valence-corrected chi connectivity index (χ4v) is 3.33. The molecule has 0 saturated carbocycles. The summed E-state index contributed by atoms with van der Waals surface area (Å²) in [5.41, 5.74) is 8.03. The first kappa shape index (κ1) is 14.4. The number of ether oxygens (including phenoxy) is 1. The van der Waals surface area contributed by atoms with Crippen molar-refractivity contribution in [3.8, 4) is 0 Å². The second-order valence-electron chi connectivity index (χ2n) is 6.63. The zero-order valence-electron chi connectivity index (χ0n) is 12.7. The van der Waals surface area contributed by atoms with Crippen LogP contribution in [-0.4, -0.2) is 24.3 Å². The van der Waals surface area contributed by atoms with Crippen molar-refractivity contribution in [3.05, 3.63) is 29.8 Å². The summed E-state index contributed by atoms with van der Waals surface area (Å²) in [5, 5.41) is 0. The van der Waals surface area contributed by atoms with E-state index < -0.39 is 0 Å². The van der Waals surface area contributed by atoms with E-state index in [0.717, 1.165) is 6.42 Å². The topological polar surface area (TPSA) is 38.5 Å². The number of para-hydroxylation sites is 1. The van der Waals surface area contributed by atoms with Crippen molar-refractivity contribution < 1.29 is 4.74 Å². The Bertz CT molecular complexity index is 454. The molecule has 0 amide bonds. The van der Waals surface area contributed by atoms with Gasteiger partial charge in [0, 0.05) is 19.3 Å². The molecule has 0 bridgehead atoms. The summed E-state index contributed by atoms with van der Waals surface area (Å²) in [6.45, 7) is 9.24. The molecule has 106 valence electrons. The van der Waals surface area contributed by atoms with E-state index >= 15 is 0 Å². The molecule has 2 N–H and O–H groups in total. The third-order valence-corrected chi connectivity index (χ3v) is 4.09. The Balaban J connectivity index is 2.31. The number of nitrogens with two attached hydrogens (primary N) is 1. The monoisotopic (exact) mass is 262 g/mol. The van der Waals surface area contributed by atoms with Crippen LogP contribution >= 0.6 is 0 Å². The molecule has 0 aromatic heterocycles. The minimum absolute atomic E-state index is 0.0694. The van der Waals surface area contributed by atoms with E-state index in [1.54, 1.807) is 0 Å². The van der Waals surface area contributed by atoms with E-state index in [-0.39, 0.29) is 11.2 Å². The molecule has 1 aliphatic heterocycles. The van der Waals surface area contributed by atoms with Gasteiger partial charge in [-0.1, -0.05) is 18.2 Å². The lowest BCUT2D eigenvalue weighted by atomic mass is 9.92. The minimum Gasteiger partial charge on any atom is -0.368 e. The molecule has 1 atom stereocenters. The molecule has 0 radical (unpaired) electrons. The van der Waals surface area contributed by atoms with Crippen LogP contribution in [0.3, 0.4) is 0 Å². The highest BCUT2D eigenvalue weighted by molar-refractivity contribution is 5.54. The van der Waals surface area contributed by atoms with Crippen LogP contribution < -0.4 is 10.6 Å². The van der Waals surface area contributed by atoms with Crippen LogP contribution in [0.2, 0.25) is 0 Å². The number of likely N-dealkylation sites (N-methyl/N-ethyl adjacent to an activating group) is 1. The van der Waals surface area contributed by atoms with Gasteiger partial charge in [0.25, 0.3) is 0 Å². The van der Waals surface area contributed by atoms with Crippen molar-refractivity contribution >= 4 is 5.69 Å². The molecule has 1 aromatic rings. The van der Waals surface area contributed by atoms with Gasteiger partial charge in [0.15, 0.2) is 0 Å². The predicted molar refractivity (Wildman–Crippen MR) is 80.4 cm³/mol. The van der Waals surface area contributed by atoms with Gasteiger partial charge in [-0.2, -0.15) is 0 Å². The van der Waals surface area contributed by atoms with E-state index in [1.807, 2.05) is 6.07 Å². The molecular weight excluding hydrogens is 236 g/mol. The highest BCUT2D eigenvalue weighted by Crippen LogP contribution is 2.41. The van der Waals surface area contributed by atoms with Gasteiger partial charge in [-0.15, -0.1) is 0 Å². The third-order valence-electron chi connectivity index (χ3n) is 4.09. The van der Waals surface area contributed by atoms with E-state index in [0.29, 0.717) is 12.6 Å². The lowest BCUT2D eigenvalue weighted by Crippen LogP contribution is -2.45. The Labute approximate surface area is 116 Å². The van der Waals surface area contributed by atoms with Crippen LogP contribution in [0.15, 0.2) is 24.3 Å². The van der Waals surface area contributed by atoms with Crippen LogP contribution in [0.1, 0.15) is 39.7 Å². The van der Waals surface area contributed by atoms with Crippen molar-refractivity contribution in [1.82, 2.24) is 0 Å². The molecule has 1 aliphatic rings. The maximum atomic E-state index is 6.19. The summed E-state index contributed by atoms with van der Waals surface area (Å²) >= 11 is 0. The van der Waals surface area contributed by atoms with Gasteiger partial charge in [0.05, 0.1) is 17.2 Å². The number of rotatable bonds is 3. The zero-order chi connectivity index (χ0) is 14.3. The second-order valence-corrected chi connectivity index (χ2v) is 6.63. The average Bonchev–Trinajstić information content (AvgIpc) is 2.56. The van der Waals surface area contributed by atoms with Gasteiger partial charge in [0.2, 0.25) is 0 Å². The number of anilines is 1. The molecule has 0 aliphatic carbocycles. The molecule has 1 fully saturated rings. The fourth-order valence-electron chi connectivity index (χ4n) is 3.33. The minimum atomic E-state index is -0.153. The fraction of sp³-hybridized carbons (Fsp3) is 0.625. The van der Waals surface area contributed by atoms with Gasteiger partial charge in [-0.05, 0) is 45.7 Å². The van der Waals surface area contributed by atoms with Gasteiger partial charge >= 0.3 is 0 Å². The smallest absolute Gasteiger partial charge is 0.0836 e. The maximum Gasteiger partial charge on any atom is 0.0836 e. The summed E-state index contributed by atoms with van der Waals surface area (Å²) in [4.78, 5) is 2.33. The van der Waals surface area contributed by atoms with Crippen molar-refractivity contribution in [2.45, 2.75) is 57.9 Å². The average molecular weight is 262 g/mol. The first-order valence-corrected chi connectivity index (χ1v) is 6.98. The van der Waals surface area contributed by atoms with Crippen molar-refractivity contribution in [1.29, 1.82) is 0 Å². The molecular formula is C16H26N2O. The first-order valence-electron chi connectivity index (χ1n) is 6.98. The quantitative estimate of drug-likeness (QED) is 0.910. The van der Waals surface area contributed by atoms with Crippen LogP contribution in [0.4, 0.5) is 5.69 Å². The van der Waals surface area contributed by atoms with E-state index in [1.165, 1.54) is 11.3 Å². The summed E-state index contributed by atoms with van der Waals surface area (Å²) in [7, 11) is 2.14. The predicted octanol–water partition coefficient (Wildman–Crippen LogP) is 2.93. The van der Waals surface area contributed by atoms with Crippen molar-refractivity contribution in [3.63, 3.8) is 0 Å². The summed E-state index contributed by atoms with van der Waals surface area (Å²) in [6, 6.07) is 8.71. The van der Waals surface area contributed by atoms with Crippen LogP contribution in [0.5, 0.6) is 0 Å². The first-order chi connectivity index (χ1) is 8.77. The molecule has 1 heterocycles. The Morgan fingerprint density at radius 2 is 1.89 bits per heavy atom. The molecule has 2 rings (SSSR count). The number of hydrogen-bond donors (Lipinski definition) is 1. The van der Waals surface area contributed by atoms with Gasteiger partial charge in [-0.3, -0.25) is 0 Å². The Morgan fingerprint density at radius 3 is 2.42 bits per heavy atom. The van der Waals surface area contributed by atoms with Gasteiger partial charge in [-0.25, -0.2) is 0 Å². The number of nitrogens with zero attached hydrogens (tertiary/aromatic N) is 1. The van der Waals surface area contributed by atoms with Crippen molar-refractivity contribution in [2.24, 2.45) is 5.73 Å². The normalized spacial score (nSPS) is 24.4. The third kappa shape index (κ3) is 2.77. The second kappa shape index (κ2) is 4.80. The molecule has 1 unspecified atom stereocenters. The molecule has 3 nitrogen and oxygen atoms in total. The molecule has 1 saturated heterocycles. The van der Waals surface area contributed by atoms with Crippen molar-refractivity contribution in [2.75, 3.05) is 11.9 Å². The van der Waals surface area contributed by atoms with Crippen LogP contribution in [0, 0.1) is 0 Å². The van der Waals surface area contributed by atoms with Crippen LogP contribution in [0.25, 0.3) is 0 Å². The lowest BCUT2D eigenvalue weighted by molar-refractivity contribution is -0.0676. The highest BCUT2D eigenvalue weighted by Gasteiger charge is 2.47. The maximum absolute atomic E-state index is 6.19. The largest absolute Gasteiger partial charge is 0.368 e. The highest BCUT2D eigenvalue weighted by atomic mass is 16.5. The summed E-state index contributed by atoms with van der Waals surface area (Å²) in [5.74, 6) is 0.